The Balaban J connectivity index is 1.62. The van der Waals surface area contributed by atoms with Crippen LogP contribution in [0.15, 0.2) is 53.4 Å². The van der Waals surface area contributed by atoms with Gasteiger partial charge in [-0.2, -0.15) is 4.31 Å². The summed E-state index contributed by atoms with van der Waals surface area (Å²) in [7, 11) is -2.23. The molecule has 8 nitrogen and oxygen atoms in total. The third kappa shape index (κ3) is 5.02. The van der Waals surface area contributed by atoms with E-state index in [1.807, 2.05) is 0 Å². The Morgan fingerprint density at radius 2 is 1.67 bits per heavy atom. The fourth-order valence-electron chi connectivity index (χ4n) is 3.03. The van der Waals surface area contributed by atoms with Crippen LogP contribution >= 0.6 is 12.2 Å². The molecule has 3 rings (SSSR count). The molecule has 158 valence electrons. The van der Waals surface area contributed by atoms with E-state index in [0.717, 1.165) is 12.8 Å². The Hall–Kier alpha value is -2.82. The molecular weight excluding hydrogens is 426 g/mol. The van der Waals surface area contributed by atoms with Gasteiger partial charge in [-0.1, -0.05) is 6.07 Å². The highest BCUT2D eigenvalue weighted by atomic mass is 32.2. The second-order valence-corrected chi connectivity index (χ2v) is 8.96. The highest BCUT2D eigenvalue weighted by molar-refractivity contribution is 7.89. The van der Waals surface area contributed by atoms with Crippen molar-refractivity contribution in [3.63, 3.8) is 0 Å². The van der Waals surface area contributed by atoms with Gasteiger partial charge in [0, 0.05) is 24.3 Å². The summed E-state index contributed by atoms with van der Waals surface area (Å²) in [6, 6.07) is 12.2. The Morgan fingerprint density at radius 1 is 1.03 bits per heavy atom. The van der Waals surface area contributed by atoms with E-state index < -0.39 is 21.9 Å². The number of esters is 1. The number of benzene rings is 2. The third-order valence-electron chi connectivity index (χ3n) is 4.59. The molecule has 1 heterocycles. The minimum absolute atomic E-state index is 0.0404. The van der Waals surface area contributed by atoms with Gasteiger partial charge in [0.15, 0.2) is 5.11 Å². The number of anilines is 1. The summed E-state index contributed by atoms with van der Waals surface area (Å²) in [5.41, 5.74) is 1.02. The van der Waals surface area contributed by atoms with E-state index in [1.165, 1.54) is 35.7 Å². The Kier molecular flexibility index (Phi) is 6.80. The van der Waals surface area contributed by atoms with Gasteiger partial charge >= 0.3 is 5.97 Å². The first-order chi connectivity index (χ1) is 14.3. The molecule has 2 N–H and O–H groups in total. The van der Waals surface area contributed by atoms with Crippen molar-refractivity contribution in [1.82, 2.24) is 9.62 Å². The summed E-state index contributed by atoms with van der Waals surface area (Å²) in [6.45, 7) is 1.07. The Morgan fingerprint density at radius 3 is 2.30 bits per heavy atom. The molecule has 30 heavy (non-hydrogen) atoms. The molecule has 1 amide bonds. The standard InChI is InChI=1S/C20H21N3O5S2/c1-28-19(25)15-6-4-5-14(13-15)18(24)22-20(29)21-16-7-9-17(10-8-16)30(26,27)23-11-2-3-12-23/h4-10,13H,2-3,11-12H2,1H3,(H2,21,22,24,29). The van der Waals surface area contributed by atoms with Gasteiger partial charge in [0.2, 0.25) is 10.0 Å². The molecule has 2 aromatic rings. The van der Waals surface area contributed by atoms with Crippen LogP contribution in [0.4, 0.5) is 5.69 Å². The van der Waals surface area contributed by atoms with Gasteiger partial charge in [0.1, 0.15) is 0 Å². The Bertz CT molecular complexity index is 1060. The van der Waals surface area contributed by atoms with Gasteiger partial charge in [-0.15, -0.1) is 0 Å². The number of rotatable bonds is 5. The highest BCUT2D eigenvalue weighted by Gasteiger charge is 2.26. The van der Waals surface area contributed by atoms with Crippen LogP contribution in [0.2, 0.25) is 0 Å². The molecule has 0 spiro atoms. The molecule has 1 aliphatic rings. The predicted molar refractivity (Wildman–Crippen MR) is 116 cm³/mol. The number of hydrogen-bond acceptors (Lipinski definition) is 6. The van der Waals surface area contributed by atoms with Crippen molar-refractivity contribution in [2.24, 2.45) is 0 Å². The van der Waals surface area contributed by atoms with Crippen LogP contribution in [0.25, 0.3) is 0 Å². The van der Waals surface area contributed by atoms with Crippen LogP contribution in [0.3, 0.4) is 0 Å². The second-order valence-electron chi connectivity index (χ2n) is 6.62. The number of nitrogens with zero attached hydrogens (tertiary/aromatic N) is 1. The number of hydrogen-bond donors (Lipinski definition) is 2. The van der Waals surface area contributed by atoms with Gasteiger partial charge in [0.05, 0.1) is 17.6 Å². The molecule has 1 fully saturated rings. The maximum Gasteiger partial charge on any atom is 0.337 e. The number of methoxy groups -OCH3 is 1. The van der Waals surface area contributed by atoms with Crippen LogP contribution in [-0.4, -0.2) is 49.9 Å². The van der Waals surface area contributed by atoms with E-state index in [1.54, 1.807) is 24.3 Å². The van der Waals surface area contributed by atoms with Crippen LogP contribution in [0.5, 0.6) is 0 Å². The number of amides is 1. The predicted octanol–water partition coefficient (Wildman–Crippen LogP) is 2.38. The molecule has 0 atom stereocenters. The van der Waals surface area contributed by atoms with Crippen molar-refractivity contribution in [2.75, 3.05) is 25.5 Å². The van der Waals surface area contributed by atoms with Crippen LogP contribution in [0.1, 0.15) is 33.6 Å². The van der Waals surface area contributed by atoms with Crippen LogP contribution < -0.4 is 10.6 Å². The van der Waals surface area contributed by atoms with E-state index in [0.29, 0.717) is 18.8 Å². The minimum Gasteiger partial charge on any atom is -0.465 e. The molecule has 0 bridgehead atoms. The van der Waals surface area contributed by atoms with Crippen LogP contribution in [0, 0.1) is 0 Å². The maximum absolute atomic E-state index is 12.6. The smallest absolute Gasteiger partial charge is 0.337 e. The monoisotopic (exact) mass is 447 g/mol. The summed E-state index contributed by atoms with van der Waals surface area (Å²) in [5, 5.41) is 5.40. The van der Waals surface area contributed by atoms with E-state index in [-0.39, 0.29) is 21.1 Å². The van der Waals surface area contributed by atoms with E-state index in [2.05, 4.69) is 15.4 Å². The van der Waals surface area contributed by atoms with E-state index in [9.17, 15) is 18.0 Å². The lowest BCUT2D eigenvalue weighted by atomic mass is 10.1. The van der Waals surface area contributed by atoms with Gasteiger partial charge < -0.3 is 10.1 Å². The minimum atomic E-state index is -3.49. The number of nitrogens with one attached hydrogen (secondary N) is 2. The molecule has 0 aliphatic carbocycles. The van der Waals surface area contributed by atoms with E-state index >= 15 is 0 Å². The van der Waals surface area contributed by atoms with Gasteiger partial charge in [-0.25, -0.2) is 13.2 Å². The quantitative estimate of drug-likeness (QED) is 0.536. The molecule has 0 saturated carbocycles. The van der Waals surface area contributed by atoms with Crippen LogP contribution in [-0.2, 0) is 14.8 Å². The van der Waals surface area contributed by atoms with E-state index in [4.69, 9.17) is 12.2 Å². The van der Waals surface area contributed by atoms with Crippen molar-refractivity contribution in [3.8, 4) is 0 Å². The molecule has 1 aliphatic heterocycles. The summed E-state index contributed by atoms with van der Waals surface area (Å²) < 4.78 is 31.2. The first-order valence-corrected chi connectivity index (χ1v) is 11.1. The zero-order chi connectivity index (χ0) is 21.7. The zero-order valence-electron chi connectivity index (χ0n) is 16.3. The summed E-state index contributed by atoms with van der Waals surface area (Å²) in [4.78, 5) is 24.2. The second kappa shape index (κ2) is 9.33. The zero-order valence-corrected chi connectivity index (χ0v) is 17.9. The lowest BCUT2D eigenvalue weighted by molar-refractivity contribution is 0.0600. The number of thiocarbonyl (C=S) groups is 1. The molecule has 0 aromatic heterocycles. The summed E-state index contributed by atoms with van der Waals surface area (Å²) >= 11 is 5.15. The lowest BCUT2D eigenvalue weighted by Gasteiger charge is -2.16. The molecule has 2 aromatic carbocycles. The topological polar surface area (TPSA) is 105 Å². The van der Waals surface area contributed by atoms with Crippen molar-refractivity contribution < 1.29 is 22.7 Å². The normalized spacial score (nSPS) is 14.2. The highest BCUT2D eigenvalue weighted by Crippen LogP contribution is 2.22. The first kappa shape index (κ1) is 21.9. The average Bonchev–Trinajstić information content (AvgIpc) is 3.29. The average molecular weight is 448 g/mol. The largest absolute Gasteiger partial charge is 0.465 e. The number of carbonyl (C=O) groups is 2. The molecular formula is C20H21N3O5S2. The Labute approximate surface area is 180 Å². The molecule has 0 unspecified atom stereocenters. The van der Waals surface area contributed by atoms with Crippen molar-refractivity contribution >= 4 is 44.9 Å². The number of carbonyl (C=O) groups excluding carboxylic acids is 2. The number of sulfonamides is 1. The van der Waals surface area contributed by atoms with Gasteiger partial charge in [-0.05, 0) is 67.5 Å². The van der Waals surface area contributed by atoms with Crippen molar-refractivity contribution in [3.05, 3.63) is 59.7 Å². The lowest BCUT2D eigenvalue weighted by Crippen LogP contribution is -2.34. The number of ether oxygens (including phenoxy) is 1. The first-order valence-electron chi connectivity index (χ1n) is 9.22. The van der Waals surface area contributed by atoms with Gasteiger partial charge in [0.25, 0.3) is 5.91 Å². The van der Waals surface area contributed by atoms with Gasteiger partial charge in [-0.3, -0.25) is 10.1 Å². The third-order valence-corrected chi connectivity index (χ3v) is 6.70. The fourth-order valence-corrected chi connectivity index (χ4v) is 4.76. The fraction of sp³-hybridized carbons (Fsp3) is 0.250. The summed E-state index contributed by atoms with van der Waals surface area (Å²) in [6.07, 6.45) is 1.74. The summed E-state index contributed by atoms with van der Waals surface area (Å²) in [5.74, 6) is -1.04. The van der Waals surface area contributed by atoms with Crippen molar-refractivity contribution in [2.45, 2.75) is 17.7 Å². The molecule has 0 radical (unpaired) electrons. The SMILES string of the molecule is COC(=O)c1cccc(C(=O)NC(=S)Nc2ccc(S(=O)(=O)N3CCCC3)cc2)c1. The molecule has 1 saturated heterocycles. The molecule has 10 heteroatoms. The maximum atomic E-state index is 12.6. The van der Waals surface area contributed by atoms with Crippen molar-refractivity contribution in [1.29, 1.82) is 0 Å².